The molecule has 1 unspecified atom stereocenters. The normalized spacial score (nSPS) is 15.1. The number of para-hydroxylation sites is 1. The Kier molecular flexibility index (Phi) is 7.37. The van der Waals surface area contributed by atoms with Gasteiger partial charge in [0.2, 0.25) is 5.91 Å². The van der Waals surface area contributed by atoms with Crippen LogP contribution in [0.3, 0.4) is 0 Å². The topological polar surface area (TPSA) is 63.9 Å². The number of carbonyl (C=O) groups is 1. The number of hydrogen-bond acceptors (Lipinski definition) is 5. The lowest BCUT2D eigenvalue weighted by Crippen LogP contribution is -2.38. The van der Waals surface area contributed by atoms with Crippen LogP contribution in [0.2, 0.25) is 0 Å². The fourth-order valence-corrected chi connectivity index (χ4v) is 4.92. The van der Waals surface area contributed by atoms with Gasteiger partial charge in [-0.15, -0.1) is 10.2 Å². The molecule has 1 aromatic carbocycles. The molecule has 0 fully saturated rings. The number of aromatic nitrogens is 4. The van der Waals surface area contributed by atoms with Gasteiger partial charge in [-0.1, -0.05) is 42.6 Å². The van der Waals surface area contributed by atoms with Crippen LogP contribution in [-0.2, 0) is 4.79 Å². The standard InChI is InChI=1S/C26H26FN5OS/c1-4-10-19-12-9-16-31(22(19)5-2)25(33)18(3)34-26-30-29-24(20-11-8-15-28-17-20)32(26)23-14-7-6-13-21(23)27/h4-8,10-11,13-15,17-18H,2,9,12,16H2,1,3H3/b10-4-. The Balaban J connectivity index is 1.70. The molecule has 0 aliphatic carbocycles. The number of thioether (sulfide) groups is 1. The summed E-state index contributed by atoms with van der Waals surface area (Å²) < 4.78 is 16.5. The number of halogens is 1. The zero-order valence-electron chi connectivity index (χ0n) is 19.2. The van der Waals surface area contributed by atoms with E-state index in [1.807, 2.05) is 32.1 Å². The molecule has 1 amide bonds. The fourth-order valence-electron chi connectivity index (χ4n) is 4.00. The van der Waals surface area contributed by atoms with Crippen LogP contribution in [0.1, 0.15) is 26.7 Å². The Bertz CT molecular complexity index is 1250. The van der Waals surface area contributed by atoms with E-state index in [0.717, 1.165) is 24.1 Å². The van der Waals surface area contributed by atoms with Crippen molar-refractivity contribution < 1.29 is 9.18 Å². The minimum absolute atomic E-state index is 0.0485. The number of allylic oxidation sites excluding steroid dienone is 4. The molecule has 0 radical (unpaired) electrons. The molecule has 4 rings (SSSR count). The minimum atomic E-state index is -0.476. The molecule has 6 nitrogen and oxygen atoms in total. The van der Waals surface area contributed by atoms with Gasteiger partial charge in [0.15, 0.2) is 11.0 Å². The van der Waals surface area contributed by atoms with E-state index in [-0.39, 0.29) is 5.91 Å². The lowest BCUT2D eigenvalue weighted by atomic mass is 10.0. The van der Waals surface area contributed by atoms with Gasteiger partial charge >= 0.3 is 0 Å². The second-order valence-corrected chi connectivity index (χ2v) is 9.11. The monoisotopic (exact) mass is 475 g/mol. The van der Waals surface area contributed by atoms with Gasteiger partial charge in [-0.25, -0.2) is 4.39 Å². The highest BCUT2D eigenvalue weighted by Gasteiger charge is 2.29. The van der Waals surface area contributed by atoms with Gasteiger partial charge < -0.3 is 4.90 Å². The molecular formula is C26H26FN5OS. The molecule has 1 aliphatic rings. The summed E-state index contributed by atoms with van der Waals surface area (Å²) in [5, 5.41) is 8.61. The van der Waals surface area contributed by atoms with Crippen molar-refractivity contribution in [2.24, 2.45) is 0 Å². The van der Waals surface area contributed by atoms with Gasteiger partial charge in [0.05, 0.1) is 10.9 Å². The van der Waals surface area contributed by atoms with E-state index < -0.39 is 11.1 Å². The van der Waals surface area contributed by atoms with E-state index in [2.05, 4.69) is 21.8 Å². The second-order valence-electron chi connectivity index (χ2n) is 7.80. The largest absolute Gasteiger partial charge is 0.311 e. The third-order valence-electron chi connectivity index (χ3n) is 5.55. The van der Waals surface area contributed by atoms with E-state index in [1.165, 1.54) is 17.8 Å². The molecular weight excluding hydrogens is 449 g/mol. The third-order valence-corrected chi connectivity index (χ3v) is 6.58. The summed E-state index contributed by atoms with van der Waals surface area (Å²) in [6.45, 7) is 8.35. The van der Waals surface area contributed by atoms with Crippen LogP contribution in [0.15, 0.2) is 90.0 Å². The molecule has 3 aromatic rings. The summed E-state index contributed by atoms with van der Waals surface area (Å²) in [6.07, 6.45) is 10.9. The number of nitrogens with zero attached hydrogens (tertiary/aromatic N) is 5. The van der Waals surface area contributed by atoms with E-state index >= 15 is 0 Å². The lowest BCUT2D eigenvalue weighted by Gasteiger charge is -2.31. The molecule has 2 aromatic heterocycles. The van der Waals surface area contributed by atoms with Crippen molar-refractivity contribution in [2.45, 2.75) is 37.1 Å². The van der Waals surface area contributed by atoms with E-state index in [1.54, 1.807) is 52.2 Å². The van der Waals surface area contributed by atoms with Crippen molar-refractivity contribution in [2.75, 3.05) is 6.54 Å². The van der Waals surface area contributed by atoms with Crippen LogP contribution in [-0.4, -0.2) is 42.4 Å². The minimum Gasteiger partial charge on any atom is -0.311 e. The average Bonchev–Trinajstić information content (AvgIpc) is 3.27. The number of rotatable bonds is 7. The first-order chi connectivity index (χ1) is 16.5. The van der Waals surface area contributed by atoms with Crippen LogP contribution < -0.4 is 0 Å². The molecule has 174 valence electrons. The maximum Gasteiger partial charge on any atom is 0.240 e. The number of pyridine rings is 1. The van der Waals surface area contributed by atoms with E-state index in [0.29, 0.717) is 28.8 Å². The maximum atomic E-state index is 14.8. The molecule has 8 heteroatoms. The molecule has 34 heavy (non-hydrogen) atoms. The fraction of sp³-hybridized carbons (Fsp3) is 0.231. The maximum absolute atomic E-state index is 14.8. The molecule has 1 atom stereocenters. The van der Waals surface area contributed by atoms with Crippen molar-refractivity contribution in [3.8, 4) is 17.1 Å². The first-order valence-corrected chi connectivity index (χ1v) is 12.0. The van der Waals surface area contributed by atoms with Gasteiger partial charge in [-0.05, 0) is 62.6 Å². The number of carbonyl (C=O) groups excluding carboxylic acids is 1. The number of benzene rings is 1. The highest BCUT2D eigenvalue weighted by Crippen LogP contribution is 2.33. The molecule has 3 heterocycles. The molecule has 0 spiro atoms. The Morgan fingerprint density at radius 2 is 2.06 bits per heavy atom. The second kappa shape index (κ2) is 10.6. The molecule has 0 saturated heterocycles. The van der Waals surface area contributed by atoms with Crippen molar-refractivity contribution in [3.05, 3.63) is 90.7 Å². The van der Waals surface area contributed by atoms with Gasteiger partial charge in [-0.2, -0.15) is 0 Å². The lowest BCUT2D eigenvalue weighted by molar-refractivity contribution is -0.128. The summed E-state index contributed by atoms with van der Waals surface area (Å²) in [5.74, 6) is 0.00477. The van der Waals surface area contributed by atoms with E-state index in [9.17, 15) is 9.18 Å². The molecule has 0 bridgehead atoms. The summed E-state index contributed by atoms with van der Waals surface area (Å²) in [7, 11) is 0. The summed E-state index contributed by atoms with van der Waals surface area (Å²) in [6, 6.07) is 10.1. The highest BCUT2D eigenvalue weighted by atomic mass is 32.2. The van der Waals surface area contributed by atoms with Crippen LogP contribution in [0, 0.1) is 5.82 Å². The summed E-state index contributed by atoms with van der Waals surface area (Å²) >= 11 is 1.25. The van der Waals surface area contributed by atoms with E-state index in [4.69, 9.17) is 0 Å². The van der Waals surface area contributed by atoms with Crippen molar-refractivity contribution in [1.29, 1.82) is 0 Å². The Hall–Kier alpha value is -3.52. The van der Waals surface area contributed by atoms with Crippen LogP contribution in [0.4, 0.5) is 4.39 Å². The Morgan fingerprint density at radius 3 is 2.76 bits per heavy atom. The van der Waals surface area contributed by atoms with Crippen LogP contribution in [0.25, 0.3) is 17.1 Å². The third kappa shape index (κ3) is 4.72. The SMILES string of the molecule is C=CC1=C(/C=C\C)CCCN1C(=O)C(C)Sc1nnc(-c2cccnc2)n1-c1ccccc1F. The number of hydrogen-bond donors (Lipinski definition) is 0. The predicted molar refractivity (Wildman–Crippen MR) is 133 cm³/mol. The van der Waals surface area contributed by atoms with Crippen molar-refractivity contribution in [3.63, 3.8) is 0 Å². The zero-order valence-corrected chi connectivity index (χ0v) is 20.0. The Morgan fingerprint density at radius 1 is 1.24 bits per heavy atom. The van der Waals surface area contributed by atoms with Gasteiger partial charge in [0, 0.05) is 30.2 Å². The summed E-state index contributed by atoms with van der Waals surface area (Å²) in [4.78, 5) is 19.4. The highest BCUT2D eigenvalue weighted by molar-refractivity contribution is 8.00. The average molecular weight is 476 g/mol. The molecule has 0 saturated carbocycles. The van der Waals surface area contributed by atoms with Crippen LogP contribution >= 0.6 is 11.8 Å². The van der Waals surface area contributed by atoms with Gasteiger partial charge in [0.25, 0.3) is 0 Å². The van der Waals surface area contributed by atoms with Crippen molar-refractivity contribution in [1.82, 2.24) is 24.6 Å². The summed E-state index contributed by atoms with van der Waals surface area (Å²) in [5.41, 5.74) is 2.96. The molecule has 0 N–H and O–H groups in total. The smallest absolute Gasteiger partial charge is 0.240 e. The Labute approximate surface area is 202 Å². The zero-order chi connectivity index (χ0) is 24.1. The molecule has 1 aliphatic heterocycles. The van der Waals surface area contributed by atoms with Gasteiger partial charge in [-0.3, -0.25) is 14.3 Å². The predicted octanol–water partition coefficient (Wildman–Crippen LogP) is 5.59. The van der Waals surface area contributed by atoms with Gasteiger partial charge in [0.1, 0.15) is 5.82 Å². The number of amides is 1. The quantitative estimate of drug-likeness (QED) is 0.417. The van der Waals surface area contributed by atoms with Crippen molar-refractivity contribution >= 4 is 17.7 Å². The first-order valence-electron chi connectivity index (χ1n) is 11.1. The first kappa shape index (κ1) is 23.6. The van der Waals surface area contributed by atoms with Crippen LogP contribution in [0.5, 0.6) is 0 Å².